The molecule has 3 aliphatic rings. The van der Waals surface area contributed by atoms with Crippen LogP contribution in [0.2, 0.25) is 0 Å². The zero-order chi connectivity index (χ0) is 31.7. The van der Waals surface area contributed by atoms with Crippen molar-refractivity contribution in [2.45, 2.75) is 56.7 Å². The Bertz CT molecular complexity index is 1880. The van der Waals surface area contributed by atoms with Crippen molar-refractivity contribution < 1.29 is 18.3 Å². The molecule has 1 saturated carbocycles. The topological polar surface area (TPSA) is 153 Å². The molecule has 4 aromatic rings. The van der Waals surface area contributed by atoms with E-state index in [2.05, 4.69) is 54.1 Å². The first kappa shape index (κ1) is 30.3. The molecule has 14 heteroatoms. The van der Waals surface area contributed by atoms with E-state index in [9.17, 15) is 13.5 Å². The monoisotopic (exact) mass is 643 g/mol. The number of hydrogen-bond acceptors (Lipinski definition) is 11. The van der Waals surface area contributed by atoms with Gasteiger partial charge in [-0.05, 0) is 50.0 Å². The van der Waals surface area contributed by atoms with Crippen LogP contribution in [0.4, 0.5) is 17.3 Å². The lowest BCUT2D eigenvalue weighted by Gasteiger charge is -2.39. The van der Waals surface area contributed by atoms with Gasteiger partial charge in [-0.15, -0.1) is 0 Å². The molecule has 0 unspecified atom stereocenters. The van der Waals surface area contributed by atoms with Gasteiger partial charge in [0.1, 0.15) is 11.6 Å². The van der Waals surface area contributed by atoms with Crippen molar-refractivity contribution in [2.24, 2.45) is 5.41 Å². The molecular weight excluding hydrogens is 606 g/mol. The van der Waals surface area contributed by atoms with Gasteiger partial charge in [0.2, 0.25) is 0 Å². The first-order valence-electron chi connectivity index (χ1n) is 15.7. The number of pyridine rings is 1. The molecule has 6 heterocycles. The van der Waals surface area contributed by atoms with Crippen molar-refractivity contribution in [2.75, 3.05) is 43.1 Å². The second kappa shape index (κ2) is 12.5. The molecule has 0 amide bonds. The van der Waals surface area contributed by atoms with Crippen LogP contribution in [0.25, 0.3) is 11.4 Å². The first-order chi connectivity index (χ1) is 22.3. The second-order valence-corrected chi connectivity index (χ2v) is 14.7. The minimum atomic E-state index is -3.48. The van der Waals surface area contributed by atoms with E-state index in [1.54, 1.807) is 24.7 Å². The first-order valence-corrected chi connectivity index (χ1v) is 17.2. The highest BCUT2D eigenvalue weighted by Gasteiger charge is 2.37. The Morgan fingerprint density at radius 2 is 1.83 bits per heavy atom. The van der Waals surface area contributed by atoms with Gasteiger partial charge in [0.15, 0.2) is 5.82 Å². The maximum atomic E-state index is 12.6. The van der Waals surface area contributed by atoms with E-state index in [0.29, 0.717) is 41.9 Å². The maximum Gasteiger partial charge on any atom is 0.256 e. The minimum absolute atomic E-state index is 0.0989. The van der Waals surface area contributed by atoms with Crippen molar-refractivity contribution in [3.8, 4) is 23.2 Å². The molecule has 0 atom stereocenters. The highest BCUT2D eigenvalue weighted by Crippen LogP contribution is 2.35. The van der Waals surface area contributed by atoms with Gasteiger partial charge in [0.25, 0.3) is 10.0 Å². The molecule has 2 aliphatic heterocycles. The van der Waals surface area contributed by atoms with Crippen LogP contribution in [0.15, 0.2) is 49.3 Å². The summed E-state index contributed by atoms with van der Waals surface area (Å²) in [5.74, 6) is 8.06. The highest BCUT2D eigenvalue weighted by molar-refractivity contribution is 7.90. The summed E-state index contributed by atoms with van der Waals surface area (Å²) in [6, 6.07) is 4.03. The van der Waals surface area contributed by atoms with Crippen LogP contribution in [-0.4, -0.2) is 85.6 Å². The van der Waals surface area contributed by atoms with Crippen LogP contribution in [0.5, 0.6) is 0 Å². The van der Waals surface area contributed by atoms with Crippen LogP contribution < -0.4 is 10.2 Å². The Morgan fingerprint density at radius 1 is 1.02 bits per heavy atom. The third-order valence-corrected chi connectivity index (χ3v) is 11.1. The van der Waals surface area contributed by atoms with Gasteiger partial charge in [-0.3, -0.25) is 4.68 Å². The number of anilines is 3. The molecule has 0 radical (unpaired) electrons. The normalized spacial score (nSPS) is 18.6. The predicted octanol–water partition coefficient (Wildman–Crippen LogP) is 3.37. The number of hydrogen-bond donors (Lipinski definition) is 2. The lowest BCUT2D eigenvalue weighted by atomic mass is 9.81. The number of aliphatic hydroxyl groups is 1. The van der Waals surface area contributed by atoms with E-state index in [-0.39, 0.29) is 17.3 Å². The molecule has 1 aliphatic carbocycles. The molecule has 0 aromatic carbocycles. The molecule has 7 rings (SSSR count). The molecule has 3 fully saturated rings. The van der Waals surface area contributed by atoms with Gasteiger partial charge in [0.05, 0.1) is 52.3 Å². The number of nitrogens with one attached hydrogen (secondary N) is 1. The van der Waals surface area contributed by atoms with E-state index in [4.69, 9.17) is 4.74 Å². The van der Waals surface area contributed by atoms with Crippen molar-refractivity contribution in [3.63, 3.8) is 0 Å². The number of piperidine rings is 1. The average molecular weight is 644 g/mol. The van der Waals surface area contributed by atoms with Crippen LogP contribution in [-0.2, 0) is 14.8 Å². The van der Waals surface area contributed by atoms with E-state index < -0.39 is 10.0 Å². The molecular formula is C32H37N9O4S. The van der Waals surface area contributed by atoms with Gasteiger partial charge in [-0.25, -0.2) is 23.4 Å². The predicted molar refractivity (Wildman–Crippen MR) is 172 cm³/mol. The van der Waals surface area contributed by atoms with Crippen LogP contribution in [0.3, 0.4) is 0 Å². The van der Waals surface area contributed by atoms with Crippen molar-refractivity contribution in [1.82, 2.24) is 33.9 Å². The Hall–Kier alpha value is -4.32. The fourth-order valence-electron chi connectivity index (χ4n) is 5.78. The Labute approximate surface area is 268 Å². The molecule has 2 N–H and O–H groups in total. The molecule has 0 spiro atoms. The summed E-state index contributed by atoms with van der Waals surface area (Å²) in [5.41, 5.74) is 2.99. The van der Waals surface area contributed by atoms with Crippen LogP contribution in [0.1, 0.15) is 62.6 Å². The summed E-state index contributed by atoms with van der Waals surface area (Å²) in [5, 5.41) is 21.5. The Kier molecular flexibility index (Phi) is 8.22. The van der Waals surface area contributed by atoms with E-state index in [0.717, 1.165) is 72.9 Å². The van der Waals surface area contributed by atoms with Crippen LogP contribution >= 0.6 is 0 Å². The summed E-state index contributed by atoms with van der Waals surface area (Å²) in [6.45, 7) is 5.34. The second-order valence-electron chi connectivity index (χ2n) is 12.6. The SMILES string of the molecule is CC1(CO)CCN(c2cc(Nc3ccnc(-c4cnn(S(=O)(=O)C5CC5)c4)n3)ncc2C#Cc2cnn(C3CCOCC3)c2)CC1. The quantitative estimate of drug-likeness (QED) is 0.272. The van der Waals surface area contributed by atoms with E-state index in [1.165, 1.54) is 12.4 Å². The van der Waals surface area contributed by atoms with Crippen molar-refractivity contribution in [3.05, 3.63) is 60.4 Å². The van der Waals surface area contributed by atoms with Gasteiger partial charge >= 0.3 is 0 Å². The fourth-order valence-corrected chi connectivity index (χ4v) is 7.26. The highest BCUT2D eigenvalue weighted by atomic mass is 32.2. The van der Waals surface area contributed by atoms with Crippen molar-refractivity contribution in [1.29, 1.82) is 0 Å². The van der Waals surface area contributed by atoms with E-state index >= 15 is 0 Å². The third-order valence-electron chi connectivity index (χ3n) is 9.02. The lowest BCUT2D eigenvalue weighted by molar-refractivity contribution is 0.0662. The molecule has 0 bridgehead atoms. The Balaban J connectivity index is 1.14. The molecule has 2 saturated heterocycles. The van der Waals surface area contributed by atoms with E-state index in [1.807, 2.05) is 16.9 Å². The number of ether oxygens (including phenoxy) is 1. The van der Waals surface area contributed by atoms with Crippen LogP contribution in [0, 0.1) is 17.3 Å². The molecule has 240 valence electrons. The van der Waals surface area contributed by atoms with Gasteiger partial charge in [0, 0.05) is 57.6 Å². The number of nitrogens with zero attached hydrogens (tertiary/aromatic N) is 8. The molecule has 13 nitrogen and oxygen atoms in total. The minimum Gasteiger partial charge on any atom is -0.396 e. The number of aromatic nitrogens is 7. The van der Waals surface area contributed by atoms with Gasteiger partial charge < -0.3 is 20.1 Å². The summed E-state index contributed by atoms with van der Waals surface area (Å²) in [4.78, 5) is 15.9. The van der Waals surface area contributed by atoms with Crippen molar-refractivity contribution >= 4 is 27.3 Å². The zero-order valence-electron chi connectivity index (χ0n) is 25.7. The summed E-state index contributed by atoms with van der Waals surface area (Å²) >= 11 is 0. The molecule has 46 heavy (non-hydrogen) atoms. The van der Waals surface area contributed by atoms with Gasteiger partial charge in [-0.1, -0.05) is 18.8 Å². The summed E-state index contributed by atoms with van der Waals surface area (Å²) in [7, 11) is -3.48. The number of rotatable bonds is 8. The Morgan fingerprint density at radius 3 is 2.59 bits per heavy atom. The fraction of sp³-hybridized carbons (Fsp3) is 0.469. The average Bonchev–Trinajstić information content (AvgIpc) is 3.64. The third kappa shape index (κ3) is 6.48. The smallest absolute Gasteiger partial charge is 0.256 e. The standard InChI is InChI=1S/C32H37N9O4S/c1-32(22-42)9-12-39(13-10-32)28-16-30(34-18-24(28)3-2-23-17-35-40(20-23)26-7-14-45-15-8-26)37-29-6-11-33-31(38-29)25-19-36-41(21-25)46(43,44)27-4-5-27/h6,11,16-21,26-27,42H,4-5,7-10,12-15,22H2,1H3,(H,33,34,37,38). The maximum absolute atomic E-state index is 12.6. The largest absolute Gasteiger partial charge is 0.396 e. The van der Waals surface area contributed by atoms with Gasteiger partial charge in [-0.2, -0.15) is 14.3 Å². The molecule has 4 aromatic heterocycles. The number of aliphatic hydroxyl groups excluding tert-OH is 1. The summed E-state index contributed by atoms with van der Waals surface area (Å²) < 4.78 is 33.7. The zero-order valence-corrected chi connectivity index (χ0v) is 26.5. The lowest BCUT2D eigenvalue weighted by Crippen LogP contribution is -2.40. The summed E-state index contributed by atoms with van der Waals surface area (Å²) in [6.07, 6.45) is 15.0.